The zero-order valence-corrected chi connectivity index (χ0v) is 17.6. The van der Waals surface area contributed by atoms with Gasteiger partial charge in [0.1, 0.15) is 0 Å². The monoisotopic (exact) mass is 437 g/mol. The fourth-order valence-electron chi connectivity index (χ4n) is 3.36. The van der Waals surface area contributed by atoms with Crippen LogP contribution in [0.15, 0.2) is 24.3 Å². The summed E-state index contributed by atoms with van der Waals surface area (Å²) in [6.07, 6.45) is -3.86. The molecule has 1 amide bonds. The van der Waals surface area contributed by atoms with Gasteiger partial charge in [-0.25, -0.2) is 9.97 Å². The van der Waals surface area contributed by atoms with E-state index in [1.165, 1.54) is 6.07 Å². The number of anilines is 3. The number of alkyl halides is 3. The topological polar surface area (TPSA) is 79.4 Å². The van der Waals surface area contributed by atoms with E-state index in [0.29, 0.717) is 50.9 Å². The molecule has 3 rings (SSSR count). The second-order valence-electron chi connectivity index (χ2n) is 7.38. The first-order valence-corrected chi connectivity index (χ1v) is 10.1. The Balaban J connectivity index is 1.61. The lowest BCUT2D eigenvalue weighted by molar-refractivity contribution is -0.137. The first-order chi connectivity index (χ1) is 14.7. The number of morpholine rings is 1. The molecular weight excluding hydrogens is 411 g/mol. The maximum Gasteiger partial charge on any atom is 0.416 e. The first-order valence-electron chi connectivity index (χ1n) is 10.1. The molecule has 0 unspecified atom stereocenters. The van der Waals surface area contributed by atoms with Gasteiger partial charge in [-0.05, 0) is 44.5 Å². The molecule has 1 aliphatic heterocycles. The molecule has 2 aromatic rings. The van der Waals surface area contributed by atoms with Crippen LogP contribution in [0.4, 0.5) is 30.5 Å². The van der Waals surface area contributed by atoms with Gasteiger partial charge in [-0.1, -0.05) is 0 Å². The fraction of sp³-hybridized carbons (Fsp3) is 0.476. The van der Waals surface area contributed by atoms with Crippen LogP contribution < -0.4 is 15.5 Å². The average Bonchev–Trinajstić information content (AvgIpc) is 2.70. The number of nitrogens with one attached hydrogen (secondary N) is 2. The van der Waals surface area contributed by atoms with Crippen molar-refractivity contribution in [1.29, 1.82) is 0 Å². The Hall–Kier alpha value is -2.88. The Bertz CT molecular complexity index is 894. The van der Waals surface area contributed by atoms with Crippen molar-refractivity contribution >= 4 is 23.2 Å². The summed E-state index contributed by atoms with van der Waals surface area (Å²) < 4.78 is 44.8. The molecule has 0 saturated carbocycles. The van der Waals surface area contributed by atoms with Crippen molar-refractivity contribution in [2.45, 2.75) is 32.9 Å². The number of nitrogens with zero attached hydrogens (tertiary/aromatic N) is 3. The number of halogens is 3. The molecule has 1 fully saturated rings. The van der Waals surface area contributed by atoms with Crippen molar-refractivity contribution in [1.82, 2.24) is 9.97 Å². The van der Waals surface area contributed by atoms with Crippen molar-refractivity contribution in [3.05, 3.63) is 41.2 Å². The maximum absolute atomic E-state index is 13.2. The van der Waals surface area contributed by atoms with E-state index in [-0.39, 0.29) is 18.0 Å². The number of carbonyl (C=O) groups is 1. The highest BCUT2D eigenvalue weighted by Crippen LogP contribution is 2.35. The van der Waals surface area contributed by atoms with Crippen molar-refractivity contribution in [3.63, 3.8) is 0 Å². The number of aryl methyl sites for hydroxylation is 2. The number of benzene rings is 1. The number of rotatable bonds is 7. The minimum Gasteiger partial charge on any atom is -0.378 e. The fourth-order valence-corrected chi connectivity index (χ4v) is 3.36. The van der Waals surface area contributed by atoms with E-state index < -0.39 is 11.7 Å². The van der Waals surface area contributed by atoms with E-state index in [9.17, 15) is 18.0 Å². The Morgan fingerprint density at radius 3 is 2.45 bits per heavy atom. The predicted octanol–water partition coefficient (Wildman–Crippen LogP) is 3.78. The van der Waals surface area contributed by atoms with Crippen LogP contribution in [0, 0.1) is 13.8 Å². The average molecular weight is 437 g/mol. The highest BCUT2D eigenvalue weighted by Gasteiger charge is 2.31. The lowest BCUT2D eigenvalue weighted by Gasteiger charge is -2.31. The number of amides is 1. The minimum atomic E-state index is -4.49. The highest BCUT2D eigenvalue weighted by molar-refractivity contribution is 5.94. The highest BCUT2D eigenvalue weighted by atomic mass is 19.4. The Kier molecular flexibility index (Phi) is 7.32. The lowest BCUT2D eigenvalue weighted by atomic mass is 10.1. The van der Waals surface area contributed by atoms with Gasteiger partial charge in [0.15, 0.2) is 0 Å². The summed E-state index contributed by atoms with van der Waals surface area (Å²) in [5.41, 5.74) is 1.60. The second-order valence-corrected chi connectivity index (χ2v) is 7.38. The molecule has 0 radical (unpaired) electrons. The van der Waals surface area contributed by atoms with E-state index in [2.05, 4.69) is 20.6 Å². The van der Waals surface area contributed by atoms with Crippen molar-refractivity contribution in [2.24, 2.45) is 0 Å². The lowest BCUT2D eigenvalue weighted by Crippen LogP contribution is -2.36. The van der Waals surface area contributed by atoms with E-state index in [0.717, 1.165) is 23.5 Å². The Morgan fingerprint density at radius 1 is 1.13 bits per heavy atom. The summed E-state index contributed by atoms with van der Waals surface area (Å²) in [4.78, 5) is 22.9. The van der Waals surface area contributed by atoms with Crippen LogP contribution in [-0.4, -0.2) is 48.7 Å². The normalized spacial score (nSPS) is 14.4. The van der Waals surface area contributed by atoms with Crippen LogP contribution >= 0.6 is 0 Å². The van der Waals surface area contributed by atoms with Crippen molar-refractivity contribution in [3.8, 4) is 0 Å². The molecule has 1 aromatic carbocycles. The summed E-state index contributed by atoms with van der Waals surface area (Å²) in [7, 11) is 0. The summed E-state index contributed by atoms with van der Waals surface area (Å²) in [5.74, 6) is 0.141. The summed E-state index contributed by atoms with van der Waals surface area (Å²) in [5, 5.41) is 5.72. The molecule has 1 aliphatic rings. The molecule has 0 aliphatic carbocycles. The largest absolute Gasteiger partial charge is 0.416 e. The Morgan fingerprint density at radius 2 is 1.81 bits per heavy atom. The molecule has 31 heavy (non-hydrogen) atoms. The molecule has 2 N–H and O–H groups in total. The molecule has 1 saturated heterocycles. The number of ether oxygens (including phenoxy) is 1. The van der Waals surface area contributed by atoms with Gasteiger partial charge in [0.2, 0.25) is 11.9 Å². The molecule has 10 heteroatoms. The van der Waals surface area contributed by atoms with Crippen LogP contribution in [0.2, 0.25) is 0 Å². The summed E-state index contributed by atoms with van der Waals surface area (Å²) >= 11 is 0. The maximum atomic E-state index is 13.2. The van der Waals surface area contributed by atoms with Gasteiger partial charge in [0.25, 0.3) is 0 Å². The van der Waals surface area contributed by atoms with Crippen LogP contribution in [-0.2, 0) is 15.7 Å². The van der Waals surface area contributed by atoms with Gasteiger partial charge < -0.3 is 20.3 Å². The number of hydrogen-bond acceptors (Lipinski definition) is 6. The quantitative estimate of drug-likeness (QED) is 0.642. The summed E-state index contributed by atoms with van der Waals surface area (Å²) in [6.45, 7) is 6.28. The summed E-state index contributed by atoms with van der Waals surface area (Å²) in [6, 6.07) is 5.29. The molecule has 0 atom stereocenters. The third kappa shape index (κ3) is 6.55. The van der Waals surface area contributed by atoms with Crippen LogP contribution in [0.3, 0.4) is 0 Å². The van der Waals surface area contributed by atoms with E-state index in [4.69, 9.17) is 4.74 Å². The molecule has 2 heterocycles. The molecule has 0 spiro atoms. The molecule has 7 nitrogen and oxygen atoms in total. The predicted molar refractivity (Wildman–Crippen MR) is 112 cm³/mol. The number of hydrogen-bond donors (Lipinski definition) is 2. The third-order valence-electron chi connectivity index (χ3n) is 4.80. The van der Waals surface area contributed by atoms with E-state index >= 15 is 0 Å². The van der Waals surface area contributed by atoms with Gasteiger partial charge in [-0.2, -0.15) is 13.2 Å². The zero-order valence-electron chi connectivity index (χ0n) is 17.6. The molecular formula is C21H26F3N5O2. The standard InChI is InChI=1S/C21H26F3N5O2/c1-14-12-15(2)27-20(26-14)25-7-3-4-19(30)28-17-13-16(21(22,23)24)5-6-18(17)29-8-10-31-11-9-29/h5-6,12-13H,3-4,7-11H2,1-2H3,(H,28,30)(H,25,26,27). The smallest absolute Gasteiger partial charge is 0.378 e. The second kappa shape index (κ2) is 9.95. The van der Waals surface area contributed by atoms with E-state index in [1.807, 2.05) is 24.8 Å². The van der Waals surface area contributed by atoms with Crippen molar-refractivity contribution < 1.29 is 22.7 Å². The molecule has 168 valence electrons. The van der Waals surface area contributed by atoms with Crippen LogP contribution in [0.1, 0.15) is 29.8 Å². The molecule has 0 bridgehead atoms. The van der Waals surface area contributed by atoms with Gasteiger partial charge >= 0.3 is 6.18 Å². The van der Waals surface area contributed by atoms with Crippen LogP contribution in [0.5, 0.6) is 0 Å². The van der Waals surface area contributed by atoms with E-state index in [1.54, 1.807) is 0 Å². The van der Waals surface area contributed by atoms with Gasteiger partial charge in [-0.3, -0.25) is 4.79 Å². The van der Waals surface area contributed by atoms with Crippen LogP contribution in [0.25, 0.3) is 0 Å². The number of carbonyl (C=O) groups excluding carboxylic acids is 1. The van der Waals surface area contributed by atoms with Crippen molar-refractivity contribution in [2.75, 3.05) is 48.4 Å². The van der Waals surface area contributed by atoms with Gasteiger partial charge in [0, 0.05) is 37.4 Å². The Labute approximate surface area is 179 Å². The number of aromatic nitrogens is 2. The van der Waals surface area contributed by atoms with Gasteiger partial charge in [-0.15, -0.1) is 0 Å². The zero-order chi connectivity index (χ0) is 22.4. The SMILES string of the molecule is Cc1cc(C)nc(NCCCC(=O)Nc2cc(C(F)(F)F)ccc2N2CCOCC2)n1. The first kappa shape index (κ1) is 22.8. The van der Waals surface area contributed by atoms with Gasteiger partial charge in [0.05, 0.1) is 30.2 Å². The third-order valence-corrected chi connectivity index (χ3v) is 4.80. The minimum absolute atomic E-state index is 0.149. The molecule has 1 aromatic heterocycles.